The van der Waals surface area contributed by atoms with Crippen LogP contribution in [-0.2, 0) is 9.47 Å². The molecule has 3 N–H and O–H groups in total. The third-order valence-corrected chi connectivity index (χ3v) is 3.66. The molecular formula is C18H37N5O3. The second-order valence-electron chi connectivity index (χ2n) is 7.28. The molecule has 0 aliphatic carbocycles. The number of rotatable bonds is 9. The van der Waals surface area contributed by atoms with Gasteiger partial charge in [-0.05, 0) is 47.1 Å². The molecule has 8 heteroatoms. The largest absolute Gasteiger partial charge is 0.444 e. The number of hydrogen-bond acceptors (Lipinski definition) is 5. The van der Waals surface area contributed by atoms with Crippen molar-refractivity contribution in [1.82, 2.24) is 20.9 Å². The van der Waals surface area contributed by atoms with Gasteiger partial charge in [-0.2, -0.15) is 0 Å². The van der Waals surface area contributed by atoms with Gasteiger partial charge in [-0.15, -0.1) is 0 Å². The highest BCUT2D eigenvalue weighted by Crippen LogP contribution is 2.06. The number of carbonyl (C=O) groups is 1. The zero-order chi connectivity index (χ0) is 19.3. The monoisotopic (exact) mass is 371 g/mol. The molecule has 0 aromatic rings. The van der Waals surface area contributed by atoms with Crippen molar-refractivity contribution in [3.63, 3.8) is 0 Å². The molecular weight excluding hydrogens is 334 g/mol. The molecule has 8 nitrogen and oxygen atoms in total. The number of morpholine rings is 1. The van der Waals surface area contributed by atoms with Crippen LogP contribution in [0.1, 0.15) is 40.5 Å². The summed E-state index contributed by atoms with van der Waals surface area (Å²) in [6.07, 6.45) is 1.46. The maximum atomic E-state index is 11.6. The molecule has 0 unspecified atom stereocenters. The Kier molecular flexibility index (Phi) is 11.0. The second-order valence-corrected chi connectivity index (χ2v) is 7.28. The molecule has 0 spiro atoms. The Bertz CT molecular complexity index is 418. The van der Waals surface area contributed by atoms with E-state index in [2.05, 4.69) is 32.8 Å². The van der Waals surface area contributed by atoms with E-state index in [9.17, 15) is 4.79 Å². The van der Waals surface area contributed by atoms with E-state index in [1.54, 1.807) is 0 Å². The molecule has 1 fully saturated rings. The summed E-state index contributed by atoms with van der Waals surface area (Å²) in [5.41, 5.74) is -0.467. The van der Waals surface area contributed by atoms with Crippen LogP contribution < -0.4 is 16.0 Å². The van der Waals surface area contributed by atoms with Crippen molar-refractivity contribution in [1.29, 1.82) is 0 Å². The van der Waals surface area contributed by atoms with E-state index in [4.69, 9.17) is 9.47 Å². The lowest BCUT2D eigenvalue weighted by atomic mass is 10.2. The Labute approximate surface area is 158 Å². The SMILES string of the molecule is CCNC(=NCCCNC(=O)OC(C)(C)C)NCCCN1CCOCC1. The highest BCUT2D eigenvalue weighted by molar-refractivity contribution is 5.79. The fraction of sp³-hybridized carbons (Fsp3) is 0.889. The Morgan fingerprint density at radius 3 is 2.46 bits per heavy atom. The number of amides is 1. The van der Waals surface area contributed by atoms with Crippen LogP contribution in [-0.4, -0.2) is 81.6 Å². The van der Waals surface area contributed by atoms with Gasteiger partial charge < -0.3 is 25.4 Å². The second kappa shape index (κ2) is 12.8. The van der Waals surface area contributed by atoms with Crippen molar-refractivity contribution < 1.29 is 14.3 Å². The van der Waals surface area contributed by atoms with Gasteiger partial charge in [0.2, 0.25) is 0 Å². The zero-order valence-corrected chi connectivity index (χ0v) is 16.9. The van der Waals surface area contributed by atoms with Crippen molar-refractivity contribution in [2.45, 2.75) is 46.1 Å². The van der Waals surface area contributed by atoms with Crippen LogP contribution >= 0.6 is 0 Å². The van der Waals surface area contributed by atoms with Crippen LogP contribution in [0.4, 0.5) is 4.79 Å². The van der Waals surface area contributed by atoms with E-state index < -0.39 is 5.60 Å². The summed E-state index contributed by atoms with van der Waals surface area (Å²) < 4.78 is 10.6. The minimum atomic E-state index is -0.467. The van der Waals surface area contributed by atoms with Crippen molar-refractivity contribution in [3.05, 3.63) is 0 Å². The number of carbonyl (C=O) groups excluding carboxylic acids is 1. The summed E-state index contributed by atoms with van der Waals surface area (Å²) in [4.78, 5) is 18.5. The van der Waals surface area contributed by atoms with E-state index in [1.807, 2.05) is 20.8 Å². The summed E-state index contributed by atoms with van der Waals surface area (Å²) in [7, 11) is 0. The number of nitrogens with zero attached hydrogens (tertiary/aromatic N) is 2. The average Bonchev–Trinajstić information content (AvgIpc) is 2.57. The zero-order valence-electron chi connectivity index (χ0n) is 16.9. The van der Waals surface area contributed by atoms with Crippen LogP contribution in [0, 0.1) is 0 Å². The first-order valence-electron chi connectivity index (χ1n) is 9.70. The van der Waals surface area contributed by atoms with E-state index in [1.165, 1.54) is 0 Å². The quantitative estimate of drug-likeness (QED) is 0.320. The maximum Gasteiger partial charge on any atom is 0.407 e. The highest BCUT2D eigenvalue weighted by atomic mass is 16.6. The molecule has 1 aliphatic heterocycles. The first-order valence-corrected chi connectivity index (χ1v) is 9.70. The maximum absolute atomic E-state index is 11.6. The fourth-order valence-electron chi connectivity index (χ4n) is 2.45. The number of guanidine groups is 1. The van der Waals surface area contributed by atoms with Crippen molar-refractivity contribution >= 4 is 12.1 Å². The van der Waals surface area contributed by atoms with Gasteiger partial charge in [0.05, 0.1) is 13.2 Å². The first kappa shape index (κ1) is 22.5. The Morgan fingerprint density at radius 2 is 1.81 bits per heavy atom. The van der Waals surface area contributed by atoms with Crippen molar-refractivity contribution in [2.75, 3.05) is 59.0 Å². The third kappa shape index (κ3) is 11.9. The van der Waals surface area contributed by atoms with Crippen LogP contribution in [0.3, 0.4) is 0 Å². The molecule has 0 aromatic heterocycles. The van der Waals surface area contributed by atoms with Crippen LogP contribution in [0.15, 0.2) is 4.99 Å². The van der Waals surface area contributed by atoms with Gasteiger partial charge in [0.15, 0.2) is 5.96 Å². The normalized spacial score (nSPS) is 16.2. The lowest BCUT2D eigenvalue weighted by Gasteiger charge is -2.26. The summed E-state index contributed by atoms with van der Waals surface area (Å²) in [5.74, 6) is 0.826. The fourth-order valence-corrected chi connectivity index (χ4v) is 2.45. The molecule has 0 radical (unpaired) electrons. The summed E-state index contributed by atoms with van der Waals surface area (Å²) >= 11 is 0. The molecule has 1 rings (SSSR count). The molecule has 0 bridgehead atoms. The Hall–Kier alpha value is -1.54. The van der Waals surface area contributed by atoms with Gasteiger partial charge in [0, 0.05) is 39.3 Å². The van der Waals surface area contributed by atoms with Gasteiger partial charge in [0.1, 0.15) is 5.60 Å². The predicted octanol–water partition coefficient (Wildman–Crippen LogP) is 1.18. The number of hydrogen-bond donors (Lipinski definition) is 3. The summed E-state index contributed by atoms with van der Waals surface area (Å²) in [6.45, 7) is 15.3. The Morgan fingerprint density at radius 1 is 1.12 bits per heavy atom. The molecule has 1 aliphatic rings. The molecule has 0 atom stereocenters. The lowest BCUT2D eigenvalue weighted by molar-refractivity contribution is 0.0376. The summed E-state index contributed by atoms with van der Waals surface area (Å²) in [6, 6.07) is 0. The highest BCUT2D eigenvalue weighted by Gasteiger charge is 2.15. The smallest absolute Gasteiger partial charge is 0.407 e. The van der Waals surface area contributed by atoms with E-state index in [-0.39, 0.29) is 6.09 Å². The van der Waals surface area contributed by atoms with Crippen LogP contribution in [0.5, 0.6) is 0 Å². The molecule has 0 aromatic carbocycles. The number of ether oxygens (including phenoxy) is 2. The Balaban J connectivity index is 2.14. The minimum absolute atomic E-state index is 0.380. The van der Waals surface area contributed by atoms with Gasteiger partial charge in [0.25, 0.3) is 0 Å². The molecule has 0 saturated carbocycles. The van der Waals surface area contributed by atoms with Gasteiger partial charge in [-0.3, -0.25) is 9.89 Å². The lowest BCUT2D eigenvalue weighted by Crippen LogP contribution is -2.40. The third-order valence-electron chi connectivity index (χ3n) is 3.66. The molecule has 152 valence electrons. The van der Waals surface area contributed by atoms with Crippen LogP contribution in [0.2, 0.25) is 0 Å². The van der Waals surface area contributed by atoms with Gasteiger partial charge in [-0.1, -0.05) is 0 Å². The summed E-state index contributed by atoms with van der Waals surface area (Å²) in [5, 5.41) is 9.35. The topological polar surface area (TPSA) is 87.2 Å². The predicted molar refractivity (Wildman–Crippen MR) is 105 cm³/mol. The van der Waals surface area contributed by atoms with E-state index >= 15 is 0 Å². The molecule has 1 saturated heterocycles. The standard InChI is InChI=1S/C18H37N5O3/c1-5-19-16(21-10-7-11-23-12-14-25-15-13-23)20-8-6-9-22-17(24)26-18(2,3)4/h5-15H2,1-4H3,(H,22,24)(H2,19,20,21). The van der Waals surface area contributed by atoms with Gasteiger partial charge >= 0.3 is 6.09 Å². The van der Waals surface area contributed by atoms with Crippen molar-refractivity contribution in [2.24, 2.45) is 4.99 Å². The first-order chi connectivity index (χ1) is 12.4. The van der Waals surface area contributed by atoms with Crippen molar-refractivity contribution in [3.8, 4) is 0 Å². The number of nitrogens with one attached hydrogen (secondary N) is 3. The molecule has 1 heterocycles. The molecule has 26 heavy (non-hydrogen) atoms. The number of aliphatic imine (C=N–C) groups is 1. The number of alkyl carbamates (subject to hydrolysis) is 1. The molecule has 1 amide bonds. The van der Waals surface area contributed by atoms with E-state index in [0.717, 1.165) is 64.7 Å². The van der Waals surface area contributed by atoms with E-state index in [0.29, 0.717) is 13.1 Å². The van der Waals surface area contributed by atoms with Crippen LogP contribution in [0.25, 0.3) is 0 Å². The minimum Gasteiger partial charge on any atom is -0.444 e. The average molecular weight is 372 g/mol. The van der Waals surface area contributed by atoms with Gasteiger partial charge in [-0.25, -0.2) is 4.79 Å².